The summed E-state index contributed by atoms with van der Waals surface area (Å²) in [5.41, 5.74) is 8.60. The number of rotatable bonds is 14. The number of hydrogen-bond donors (Lipinski definition) is 12. The third-order valence-electron chi connectivity index (χ3n) is 7.57. The van der Waals surface area contributed by atoms with Crippen molar-refractivity contribution in [2.75, 3.05) is 24.7 Å². The number of H-pyrrole nitrogens is 2. The summed E-state index contributed by atoms with van der Waals surface area (Å²) in [6, 6.07) is 0. The van der Waals surface area contributed by atoms with Gasteiger partial charge < -0.3 is 60.7 Å². The van der Waals surface area contributed by atoms with Gasteiger partial charge in [0.2, 0.25) is 11.9 Å². The number of aliphatic hydroxyl groups excluding tert-OH is 3. The highest BCUT2D eigenvalue weighted by Gasteiger charge is 2.52. The van der Waals surface area contributed by atoms with Crippen LogP contribution in [-0.4, -0.2) is 129 Å². The number of phosphoric acid groups is 4. The summed E-state index contributed by atoms with van der Waals surface area (Å²) >= 11 is 0. The Morgan fingerprint density at radius 1 is 0.691 bits per heavy atom. The number of aromatic nitrogens is 8. The van der Waals surface area contributed by atoms with Crippen LogP contribution in [0, 0.1) is 0 Å². The Hall–Kier alpha value is -3.38. The third kappa shape index (κ3) is 8.95. The topological polar surface area (TPSA) is 474 Å². The van der Waals surface area contributed by atoms with E-state index in [0.29, 0.717) is 0 Å². The first-order valence-corrected chi connectivity index (χ1v) is 20.7. The van der Waals surface area contributed by atoms with Crippen LogP contribution in [0.1, 0.15) is 12.5 Å². The monoisotopic (exact) mass is 868 g/mol. The first-order valence-electron chi connectivity index (χ1n) is 14.7. The molecule has 6 rings (SSSR count). The molecule has 31 nitrogen and oxygen atoms in total. The summed E-state index contributed by atoms with van der Waals surface area (Å²) in [4.78, 5) is 91.9. The maximum Gasteiger partial charge on any atom is 0.490 e. The molecule has 4 aromatic rings. The van der Waals surface area contributed by atoms with Crippen molar-refractivity contribution in [1.29, 1.82) is 0 Å². The molecular weight excluding hydrogens is 840 g/mol. The smallest absolute Gasteiger partial charge is 0.387 e. The highest BCUT2D eigenvalue weighted by Crippen LogP contribution is 2.66. The normalized spacial score (nSPS) is 29.4. The van der Waals surface area contributed by atoms with Crippen LogP contribution in [0.4, 0.5) is 11.9 Å². The molecule has 6 heterocycles. The Morgan fingerprint density at radius 2 is 1.16 bits per heavy atom. The Kier molecular flexibility index (Phi) is 11.1. The number of phosphoric ester groups is 2. The van der Waals surface area contributed by atoms with Gasteiger partial charge in [-0.05, 0) is 0 Å². The SMILES string of the molecule is Nc1nc2c(ncn2[C@@H]2O[C@H](COP(=O)(O)O[C@H]3[C@@H](O)[C@H](n4cnc5c(=O)[nH]c(N)nc54)O[C@@H]3COP(=O)(O)OP(=O)(O)OP(=O)(O)O)[C@@H](O)[C@H]2O)c(=O)[nH]1. The van der Waals surface area contributed by atoms with Crippen LogP contribution < -0.4 is 22.6 Å². The van der Waals surface area contributed by atoms with E-state index in [-0.39, 0.29) is 28.3 Å². The lowest BCUT2D eigenvalue weighted by atomic mass is 10.1. The highest BCUT2D eigenvalue weighted by atomic mass is 31.3. The summed E-state index contributed by atoms with van der Waals surface area (Å²) in [5, 5.41) is 32.6. The summed E-state index contributed by atoms with van der Waals surface area (Å²) in [6.07, 6.45) is -12.7. The number of fused-ring (bicyclic) bond motifs is 2. The quantitative estimate of drug-likeness (QED) is 0.0540. The molecule has 0 bridgehead atoms. The van der Waals surface area contributed by atoms with Crippen LogP contribution in [0.5, 0.6) is 0 Å². The maximum atomic E-state index is 13.2. The number of aromatic amines is 2. The zero-order valence-electron chi connectivity index (χ0n) is 26.7. The van der Waals surface area contributed by atoms with Crippen LogP contribution in [0.25, 0.3) is 22.3 Å². The van der Waals surface area contributed by atoms with Crippen LogP contribution >= 0.6 is 31.3 Å². The van der Waals surface area contributed by atoms with Gasteiger partial charge in [-0.15, -0.1) is 0 Å². The summed E-state index contributed by atoms with van der Waals surface area (Å²) in [6.45, 7) is -2.34. The van der Waals surface area contributed by atoms with Gasteiger partial charge >= 0.3 is 31.3 Å². The van der Waals surface area contributed by atoms with E-state index in [2.05, 4.69) is 43.0 Å². The predicted octanol–water partition coefficient (Wildman–Crippen LogP) is -3.86. The Balaban J connectivity index is 1.20. The zero-order chi connectivity index (χ0) is 40.4. The van der Waals surface area contributed by atoms with Gasteiger partial charge in [-0.1, -0.05) is 0 Å². The number of nitrogens with two attached hydrogens (primary N) is 2. The van der Waals surface area contributed by atoms with Crippen LogP contribution in [0.2, 0.25) is 0 Å². The molecule has 2 saturated heterocycles. The van der Waals surface area contributed by atoms with E-state index in [9.17, 15) is 57.8 Å². The lowest BCUT2D eigenvalue weighted by Gasteiger charge is -2.24. The summed E-state index contributed by atoms with van der Waals surface area (Å²) in [5.74, 6) is -0.738. The van der Waals surface area contributed by atoms with Crippen LogP contribution in [0.3, 0.4) is 0 Å². The molecule has 0 saturated carbocycles. The van der Waals surface area contributed by atoms with Crippen molar-refractivity contribution in [1.82, 2.24) is 39.0 Å². The Labute approximate surface area is 301 Å². The molecule has 0 aliphatic carbocycles. The Bertz CT molecular complexity index is 2420. The largest absolute Gasteiger partial charge is 0.490 e. The first kappa shape index (κ1) is 41.3. The van der Waals surface area contributed by atoms with Crippen LogP contribution in [0.15, 0.2) is 22.2 Å². The molecule has 55 heavy (non-hydrogen) atoms. The summed E-state index contributed by atoms with van der Waals surface area (Å²) < 4.78 is 83.4. The van der Waals surface area contributed by atoms with E-state index in [1.165, 1.54) is 0 Å². The molecule has 0 spiro atoms. The minimum Gasteiger partial charge on any atom is -0.387 e. The summed E-state index contributed by atoms with van der Waals surface area (Å²) in [7, 11) is -23.0. The second kappa shape index (κ2) is 14.8. The molecule has 14 N–H and O–H groups in total. The highest BCUT2D eigenvalue weighted by molar-refractivity contribution is 7.66. The second-order valence-electron chi connectivity index (χ2n) is 11.4. The van der Waals surface area contributed by atoms with Crippen molar-refractivity contribution in [3.05, 3.63) is 33.4 Å². The number of anilines is 2. The van der Waals surface area contributed by atoms with Crippen molar-refractivity contribution in [3.63, 3.8) is 0 Å². The van der Waals surface area contributed by atoms with Crippen molar-refractivity contribution in [2.24, 2.45) is 0 Å². The van der Waals surface area contributed by atoms with E-state index in [4.69, 9.17) is 39.8 Å². The van der Waals surface area contributed by atoms with E-state index >= 15 is 0 Å². The number of aliphatic hydroxyl groups is 3. The molecule has 0 radical (unpaired) electrons. The molecule has 11 atom stereocenters. The van der Waals surface area contributed by atoms with Crippen LogP contribution in [-0.2, 0) is 49.9 Å². The predicted molar refractivity (Wildman–Crippen MR) is 171 cm³/mol. The van der Waals surface area contributed by atoms with Gasteiger partial charge in [-0.25, -0.2) is 28.2 Å². The number of imidazole rings is 2. The van der Waals surface area contributed by atoms with Gasteiger partial charge in [0.15, 0.2) is 34.8 Å². The standard InChI is InChI=1S/C20H28N10O21P4/c21-19-25-13-7(15(34)27-19)23-3-29(13)17-10(32)9(31)5(47-17)1-45-53(39,40)49-12-6(2-46-54(41,42)51-55(43,44)50-52(36,37)38)48-18(11(12)33)30-4-24-8-14(30)26-20(22)28-16(8)35/h3-6,9-12,17-18,31-33H,1-2H2,(H,39,40)(H,41,42)(H,43,44)(H2,36,37,38)(H3,21,25,27,34)(H3,22,26,28,35)/t5-,6-,9-,10-,11-,12-,17-,18-/m1/s1. The number of hydrogen-bond acceptors (Lipinski definition) is 22. The van der Waals surface area contributed by atoms with Gasteiger partial charge in [0.1, 0.15) is 36.6 Å². The zero-order valence-corrected chi connectivity index (χ0v) is 30.3. The van der Waals surface area contributed by atoms with Gasteiger partial charge in [0.25, 0.3) is 11.1 Å². The van der Waals surface area contributed by atoms with Gasteiger partial charge in [0, 0.05) is 0 Å². The number of nitrogens with zero attached hydrogens (tertiary/aromatic N) is 6. The van der Waals surface area contributed by atoms with Gasteiger partial charge in [0.05, 0.1) is 25.9 Å². The maximum absolute atomic E-state index is 13.2. The molecular formula is C20H28N10O21P4. The average Bonchev–Trinajstić information content (AvgIpc) is 3.79. The minimum absolute atomic E-state index is 0.157. The van der Waals surface area contributed by atoms with Crippen molar-refractivity contribution < 1.29 is 89.7 Å². The fraction of sp³-hybridized carbons (Fsp3) is 0.500. The lowest BCUT2D eigenvalue weighted by Crippen LogP contribution is -2.37. The first-order chi connectivity index (χ1) is 25.4. The molecule has 35 heteroatoms. The molecule has 2 aliphatic heterocycles. The molecule has 0 amide bonds. The molecule has 4 aromatic heterocycles. The molecule has 2 aliphatic rings. The second-order valence-corrected chi connectivity index (χ2v) is 17.2. The van der Waals surface area contributed by atoms with Crippen molar-refractivity contribution in [2.45, 2.75) is 49.1 Å². The molecule has 3 unspecified atom stereocenters. The average molecular weight is 868 g/mol. The fourth-order valence-corrected chi connectivity index (χ4v) is 9.39. The number of nitrogen functional groups attached to an aromatic ring is 2. The fourth-order valence-electron chi connectivity index (χ4n) is 5.39. The lowest BCUT2D eigenvalue weighted by molar-refractivity contribution is -0.0581. The molecule has 2 fully saturated rings. The van der Waals surface area contributed by atoms with E-state index < -0.39 is 111 Å². The van der Waals surface area contributed by atoms with Gasteiger partial charge in [-0.3, -0.25) is 42.3 Å². The number of ether oxygens (including phenoxy) is 2. The molecule has 304 valence electrons. The van der Waals surface area contributed by atoms with Crippen molar-refractivity contribution >= 4 is 65.5 Å². The van der Waals surface area contributed by atoms with Gasteiger partial charge in [-0.2, -0.15) is 18.6 Å². The van der Waals surface area contributed by atoms with Crippen molar-refractivity contribution in [3.8, 4) is 0 Å². The van der Waals surface area contributed by atoms with E-state index in [0.717, 1.165) is 21.8 Å². The molecule has 0 aromatic carbocycles. The minimum atomic E-state index is -5.98. The number of nitrogens with one attached hydrogen (secondary N) is 2. The van der Waals surface area contributed by atoms with E-state index in [1.54, 1.807) is 0 Å². The Morgan fingerprint density at radius 3 is 1.69 bits per heavy atom. The van der Waals surface area contributed by atoms with E-state index in [1.807, 2.05) is 0 Å². The third-order valence-corrected chi connectivity index (χ3v) is 12.4.